The smallest absolute Gasteiger partial charge is 0.253 e. The van der Waals surface area contributed by atoms with E-state index in [0.29, 0.717) is 28.6 Å². The maximum Gasteiger partial charge on any atom is 0.253 e. The normalized spacial score (nSPS) is 11.4. The van der Waals surface area contributed by atoms with E-state index in [-0.39, 0.29) is 0 Å². The summed E-state index contributed by atoms with van der Waals surface area (Å²) in [6, 6.07) is 19.7. The van der Waals surface area contributed by atoms with Crippen molar-refractivity contribution in [1.82, 2.24) is 19.6 Å². The van der Waals surface area contributed by atoms with Gasteiger partial charge in [-0.05, 0) is 19.1 Å². The second kappa shape index (κ2) is 5.42. The molecule has 3 heterocycles. The number of hydrogen-bond donors (Lipinski definition) is 1. The van der Waals surface area contributed by atoms with Crippen molar-refractivity contribution < 1.29 is 4.42 Å². The standard InChI is InChI=1S/C20H15N5O/c1-12-7-9-14(10-8-12)19-23-17-18(21)25-16(22-20(17)26-19)11-15(24-25)13-5-3-2-4-6-13/h2-11H,21H2,1H3. The lowest BCUT2D eigenvalue weighted by Crippen LogP contribution is -2.01. The van der Waals surface area contributed by atoms with Crippen molar-refractivity contribution in [2.75, 3.05) is 5.73 Å². The van der Waals surface area contributed by atoms with Crippen LogP contribution in [-0.4, -0.2) is 19.6 Å². The Balaban J connectivity index is 1.68. The zero-order valence-electron chi connectivity index (χ0n) is 14.0. The van der Waals surface area contributed by atoms with Crippen LogP contribution in [0.2, 0.25) is 0 Å². The van der Waals surface area contributed by atoms with Gasteiger partial charge in [-0.3, -0.25) is 0 Å². The highest BCUT2D eigenvalue weighted by Crippen LogP contribution is 2.28. The third-order valence-corrected chi connectivity index (χ3v) is 4.35. The maximum absolute atomic E-state index is 6.30. The molecule has 0 aliphatic heterocycles. The minimum absolute atomic E-state index is 0.407. The lowest BCUT2D eigenvalue weighted by molar-refractivity contribution is 0.608. The summed E-state index contributed by atoms with van der Waals surface area (Å²) in [6.07, 6.45) is 0. The molecule has 6 nitrogen and oxygen atoms in total. The molecule has 0 radical (unpaired) electrons. The first-order chi connectivity index (χ1) is 12.7. The predicted molar refractivity (Wildman–Crippen MR) is 101 cm³/mol. The predicted octanol–water partition coefficient (Wildman–Crippen LogP) is 4.10. The van der Waals surface area contributed by atoms with E-state index in [1.54, 1.807) is 4.52 Å². The van der Waals surface area contributed by atoms with E-state index in [9.17, 15) is 0 Å². The summed E-state index contributed by atoms with van der Waals surface area (Å²) in [5.74, 6) is 0.907. The van der Waals surface area contributed by atoms with Gasteiger partial charge in [0, 0.05) is 17.2 Å². The molecule has 0 bridgehead atoms. The van der Waals surface area contributed by atoms with Crippen LogP contribution in [0.4, 0.5) is 5.82 Å². The van der Waals surface area contributed by atoms with Gasteiger partial charge >= 0.3 is 0 Å². The summed E-state index contributed by atoms with van der Waals surface area (Å²) in [7, 11) is 0. The van der Waals surface area contributed by atoms with Crippen LogP contribution in [0.15, 0.2) is 65.1 Å². The molecule has 0 fully saturated rings. The number of rotatable bonds is 2. The molecular formula is C20H15N5O. The summed E-state index contributed by atoms with van der Waals surface area (Å²) in [4.78, 5) is 9.07. The largest absolute Gasteiger partial charge is 0.417 e. The first-order valence-electron chi connectivity index (χ1n) is 8.27. The van der Waals surface area contributed by atoms with Crippen LogP contribution in [0.3, 0.4) is 0 Å². The molecule has 0 aliphatic rings. The van der Waals surface area contributed by atoms with Crippen molar-refractivity contribution in [2.45, 2.75) is 6.92 Å². The summed E-state index contributed by atoms with van der Waals surface area (Å²) >= 11 is 0. The highest BCUT2D eigenvalue weighted by molar-refractivity contribution is 5.85. The number of nitrogens with two attached hydrogens (primary N) is 1. The van der Waals surface area contributed by atoms with Gasteiger partial charge < -0.3 is 10.2 Å². The fraction of sp³-hybridized carbons (Fsp3) is 0.0500. The van der Waals surface area contributed by atoms with Crippen LogP contribution in [-0.2, 0) is 0 Å². The SMILES string of the molecule is Cc1ccc(-c2nc3c(N)n4nc(-c5ccccc5)cc4nc3o2)cc1. The van der Waals surface area contributed by atoms with Crippen molar-refractivity contribution in [1.29, 1.82) is 0 Å². The molecule has 6 heteroatoms. The zero-order chi connectivity index (χ0) is 17.7. The molecule has 0 atom stereocenters. The average molecular weight is 341 g/mol. The summed E-state index contributed by atoms with van der Waals surface area (Å²) < 4.78 is 7.46. The Morgan fingerprint density at radius 2 is 1.69 bits per heavy atom. The van der Waals surface area contributed by atoms with E-state index in [1.807, 2.05) is 67.6 Å². The second-order valence-electron chi connectivity index (χ2n) is 6.20. The first kappa shape index (κ1) is 14.7. The lowest BCUT2D eigenvalue weighted by Gasteiger charge is -1.97. The zero-order valence-corrected chi connectivity index (χ0v) is 14.0. The van der Waals surface area contributed by atoms with Gasteiger partial charge in [-0.25, -0.2) is 4.98 Å². The van der Waals surface area contributed by atoms with Crippen molar-refractivity contribution in [3.63, 3.8) is 0 Å². The number of nitrogen functional groups attached to an aromatic ring is 1. The molecule has 0 unspecified atom stereocenters. The van der Waals surface area contributed by atoms with Gasteiger partial charge in [0.25, 0.3) is 5.71 Å². The van der Waals surface area contributed by atoms with Crippen LogP contribution in [0.25, 0.3) is 39.6 Å². The fourth-order valence-electron chi connectivity index (χ4n) is 2.96. The van der Waals surface area contributed by atoms with E-state index < -0.39 is 0 Å². The Hall–Kier alpha value is -3.67. The quantitative estimate of drug-likeness (QED) is 0.523. The molecule has 0 aliphatic carbocycles. The molecule has 126 valence electrons. The third-order valence-electron chi connectivity index (χ3n) is 4.35. The summed E-state index contributed by atoms with van der Waals surface area (Å²) in [5.41, 5.74) is 11.7. The number of aryl methyl sites for hydroxylation is 1. The van der Waals surface area contributed by atoms with Gasteiger partial charge in [0.15, 0.2) is 17.0 Å². The number of nitrogens with zero attached hydrogens (tertiary/aromatic N) is 4. The number of oxazole rings is 1. The lowest BCUT2D eigenvalue weighted by atomic mass is 10.1. The molecule has 0 spiro atoms. The van der Waals surface area contributed by atoms with Crippen LogP contribution >= 0.6 is 0 Å². The number of anilines is 1. The van der Waals surface area contributed by atoms with Gasteiger partial charge in [-0.2, -0.15) is 14.6 Å². The van der Waals surface area contributed by atoms with Crippen LogP contribution in [0, 0.1) is 6.92 Å². The van der Waals surface area contributed by atoms with Crippen molar-refractivity contribution in [3.05, 3.63) is 66.2 Å². The molecule has 26 heavy (non-hydrogen) atoms. The van der Waals surface area contributed by atoms with Gasteiger partial charge in [0.05, 0.1) is 5.69 Å². The Kier molecular flexibility index (Phi) is 3.05. The topological polar surface area (TPSA) is 82.2 Å². The number of hydrogen-bond acceptors (Lipinski definition) is 5. The minimum atomic E-state index is 0.407. The number of benzene rings is 2. The van der Waals surface area contributed by atoms with Crippen molar-refractivity contribution in [2.24, 2.45) is 0 Å². The Bertz CT molecular complexity index is 1240. The van der Waals surface area contributed by atoms with E-state index in [2.05, 4.69) is 15.1 Å². The maximum atomic E-state index is 6.30. The van der Waals surface area contributed by atoms with E-state index >= 15 is 0 Å². The van der Waals surface area contributed by atoms with Gasteiger partial charge in [0.2, 0.25) is 5.89 Å². The number of fused-ring (bicyclic) bond motifs is 2. The Morgan fingerprint density at radius 3 is 2.46 bits per heavy atom. The van der Waals surface area contributed by atoms with E-state index in [0.717, 1.165) is 16.8 Å². The molecule has 0 saturated carbocycles. The average Bonchev–Trinajstić information content (AvgIpc) is 3.28. The van der Waals surface area contributed by atoms with Crippen LogP contribution in [0.5, 0.6) is 0 Å². The molecule has 5 rings (SSSR count). The summed E-state index contributed by atoms with van der Waals surface area (Å²) in [5, 5.41) is 4.57. The molecule has 5 aromatic rings. The third kappa shape index (κ3) is 2.23. The Morgan fingerprint density at radius 1 is 0.923 bits per heavy atom. The van der Waals surface area contributed by atoms with Gasteiger partial charge in [-0.1, -0.05) is 48.0 Å². The number of aromatic nitrogens is 4. The van der Waals surface area contributed by atoms with Gasteiger partial charge in [-0.15, -0.1) is 0 Å². The van der Waals surface area contributed by atoms with Crippen LogP contribution < -0.4 is 5.73 Å². The fourth-order valence-corrected chi connectivity index (χ4v) is 2.96. The van der Waals surface area contributed by atoms with Crippen molar-refractivity contribution >= 4 is 22.7 Å². The molecule has 2 N–H and O–H groups in total. The molecule has 0 amide bonds. The summed E-state index contributed by atoms with van der Waals surface area (Å²) in [6.45, 7) is 2.04. The van der Waals surface area contributed by atoms with Crippen LogP contribution in [0.1, 0.15) is 5.56 Å². The molecule has 3 aromatic heterocycles. The minimum Gasteiger partial charge on any atom is -0.417 e. The molecule has 0 saturated heterocycles. The highest BCUT2D eigenvalue weighted by atomic mass is 16.4. The van der Waals surface area contributed by atoms with Gasteiger partial charge in [0.1, 0.15) is 0 Å². The van der Waals surface area contributed by atoms with Crippen molar-refractivity contribution in [3.8, 4) is 22.7 Å². The van der Waals surface area contributed by atoms with E-state index in [1.165, 1.54) is 5.56 Å². The first-order valence-corrected chi connectivity index (χ1v) is 8.27. The monoisotopic (exact) mass is 341 g/mol. The Labute approximate surface area is 148 Å². The van der Waals surface area contributed by atoms with E-state index in [4.69, 9.17) is 10.2 Å². The highest BCUT2D eigenvalue weighted by Gasteiger charge is 2.17. The molecular weight excluding hydrogens is 326 g/mol. The molecule has 2 aromatic carbocycles. The second-order valence-corrected chi connectivity index (χ2v) is 6.20.